The van der Waals surface area contributed by atoms with Crippen LogP contribution in [0.3, 0.4) is 0 Å². The molecule has 0 unspecified atom stereocenters. The number of carbonyl (C=O) groups is 2. The van der Waals surface area contributed by atoms with Crippen LogP contribution >= 0.6 is 0 Å². The Labute approximate surface area is 146 Å². The van der Waals surface area contributed by atoms with Crippen LogP contribution in [0.2, 0.25) is 0 Å². The van der Waals surface area contributed by atoms with Crippen LogP contribution in [-0.2, 0) is 7.05 Å². The maximum atomic E-state index is 12.4. The molecule has 1 spiro atoms. The molecule has 3 heterocycles. The molecule has 1 N–H and O–H groups in total. The molecule has 1 aliphatic carbocycles. The minimum absolute atomic E-state index is 0.00146. The molecule has 2 aliphatic rings. The van der Waals surface area contributed by atoms with Gasteiger partial charge in [0.05, 0.1) is 17.4 Å². The molecule has 2 aromatic heterocycles. The highest BCUT2D eigenvalue weighted by Gasteiger charge is 2.49. The number of hydrogen-bond donors (Lipinski definition) is 1. The molecule has 2 amide bonds. The summed E-state index contributed by atoms with van der Waals surface area (Å²) in [4.78, 5) is 26.7. The van der Waals surface area contributed by atoms with Crippen molar-refractivity contribution in [2.24, 2.45) is 12.5 Å². The van der Waals surface area contributed by atoms with Crippen molar-refractivity contribution < 1.29 is 14.0 Å². The molecule has 1 saturated heterocycles. The van der Waals surface area contributed by atoms with Crippen LogP contribution in [0.4, 0.5) is 0 Å². The summed E-state index contributed by atoms with van der Waals surface area (Å²) >= 11 is 0. The van der Waals surface area contributed by atoms with E-state index in [1.165, 1.54) is 12.5 Å². The lowest BCUT2D eigenvalue weighted by molar-refractivity contribution is -0.00233. The first kappa shape index (κ1) is 16.0. The molecular formula is C19H23N3O3. The number of likely N-dealkylation sites (tertiary alicyclic amines) is 1. The summed E-state index contributed by atoms with van der Waals surface area (Å²) in [6.07, 6.45) is 10.8. The van der Waals surface area contributed by atoms with Crippen molar-refractivity contribution in [1.29, 1.82) is 0 Å². The molecule has 1 aliphatic heterocycles. The van der Waals surface area contributed by atoms with Gasteiger partial charge in [-0.2, -0.15) is 0 Å². The van der Waals surface area contributed by atoms with Crippen LogP contribution in [0, 0.1) is 5.41 Å². The van der Waals surface area contributed by atoms with Crippen LogP contribution in [0.15, 0.2) is 41.5 Å². The van der Waals surface area contributed by atoms with Gasteiger partial charge < -0.3 is 19.2 Å². The van der Waals surface area contributed by atoms with Gasteiger partial charge in [0.25, 0.3) is 11.8 Å². The normalized spacial score (nSPS) is 21.8. The molecule has 2 aromatic rings. The standard InChI is InChI=1S/C19H23N3O3/c1-21-8-3-14(12-21)17(23)20-16-2-5-19(16)6-9-22(10-7-19)18(24)15-4-11-25-13-15/h3-4,8,11-13,16H,2,5-7,9-10H2,1H3,(H,20,23)/t16-/m0/s1. The Kier molecular flexibility index (Phi) is 3.90. The number of nitrogens with one attached hydrogen (secondary N) is 1. The van der Waals surface area contributed by atoms with Crippen molar-refractivity contribution in [3.8, 4) is 0 Å². The largest absolute Gasteiger partial charge is 0.472 e. The number of furan rings is 1. The zero-order valence-corrected chi connectivity index (χ0v) is 14.4. The maximum absolute atomic E-state index is 12.4. The Bertz CT molecular complexity index is 770. The number of rotatable bonds is 3. The van der Waals surface area contributed by atoms with E-state index in [1.54, 1.807) is 6.07 Å². The fourth-order valence-corrected chi connectivity index (χ4v) is 4.12. The number of piperidine rings is 1. The molecule has 1 saturated carbocycles. The van der Waals surface area contributed by atoms with E-state index >= 15 is 0 Å². The van der Waals surface area contributed by atoms with Gasteiger partial charge in [0.2, 0.25) is 0 Å². The number of hydrogen-bond acceptors (Lipinski definition) is 3. The van der Waals surface area contributed by atoms with Crippen molar-refractivity contribution in [3.05, 3.63) is 48.2 Å². The summed E-state index contributed by atoms with van der Waals surface area (Å²) in [6, 6.07) is 3.76. The fourth-order valence-electron chi connectivity index (χ4n) is 4.12. The number of carbonyl (C=O) groups excluding carboxylic acids is 2. The summed E-state index contributed by atoms with van der Waals surface area (Å²) in [5, 5.41) is 3.21. The molecule has 6 nitrogen and oxygen atoms in total. The van der Waals surface area contributed by atoms with Crippen LogP contribution in [-0.4, -0.2) is 40.4 Å². The highest BCUT2D eigenvalue weighted by Crippen LogP contribution is 2.49. The molecule has 1 atom stereocenters. The Morgan fingerprint density at radius 3 is 2.56 bits per heavy atom. The molecule has 25 heavy (non-hydrogen) atoms. The number of aromatic nitrogens is 1. The van der Waals surface area contributed by atoms with E-state index in [2.05, 4.69) is 5.32 Å². The summed E-state index contributed by atoms with van der Waals surface area (Å²) in [5.74, 6) is 0.0365. The number of amides is 2. The van der Waals surface area contributed by atoms with Gasteiger partial charge in [-0.05, 0) is 43.2 Å². The second kappa shape index (κ2) is 6.10. The summed E-state index contributed by atoms with van der Waals surface area (Å²) in [5.41, 5.74) is 1.47. The summed E-state index contributed by atoms with van der Waals surface area (Å²) in [6.45, 7) is 1.48. The third-order valence-electron chi connectivity index (χ3n) is 5.88. The maximum Gasteiger partial charge on any atom is 0.257 e. The number of aryl methyl sites for hydroxylation is 1. The van der Waals surface area contributed by atoms with Gasteiger partial charge in [0, 0.05) is 38.6 Å². The first-order chi connectivity index (χ1) is 12.1. The first-order valence-electron chi connectivity index (χ1n) is 8.82. The van der Waals surface area contributed by atoms with E-state index in [0.717, 1.165) is 38.8 Å². The summed E-state index contributed by atoms with van der Waals surface area (Å²) in [7, 11) is 1.91. The zero-order chi connectivity index (χ0) is 17.4. The Morgan fingerprint density at radius 1 is 1.20 bits per heavy atom. The second-order valence-electron chi connectivity index (χ2n) is 7.30. The lowest BCUT2D eigenvalue weighted by Crippen LogP contribution is -2.59. The zero-order valence-electron chi connectivity index (χ0n) is 14.4. The van der Waals surface area contributed by atoms with Gasteiger partial charge in [-0.3, -0.25) is 9.59 Å². The second-order valence-corrected chi connectivity index (χ2v) is 7.30. The van der Waals surface area contributed by atoms with Gasteiger partial charge in [0.1, 0.15) is 6.26 Å². The average molecular weight is 341 g/mol. The molecule has 0 aromatic carbocycles. The van der Waals surface area contributed by atoms with E-state index in [0.29, 0.717) is 11.1 Å². The van der Waals surface area contributed by atoms with Crippen LogP contribution in [0.5, 0.6) is 0 Å². The molecule has 0 bridgehead atoms. The van der Waals surface area contributed by atoms with E-state index in [9.17, 15) is 9.59 Å². The van der Waals surface area contributed by atoms with E-state index in [-0.39, 0.29) is 23.3 Å². The van der Waals surface area contributed by atoms with Crippen LogP contribution < -0.4 is 5.32 Å². The Morgan fingerprint density at radius 2 is 2.00 bits per heavy atom. The van der Waals surface area contributed by atoms with Crippen molar-refractivity contribution in [2.45, 2.75) is 31.7 Å². The molecule has 4 rings (SSSR count). The van der Waals surface area contributed by atoms with E-state index in [4.69, 9.17) is 4.42 Å². The quantitative estimate of drug-likeness (QED) is 0.932. The molecule has 6 heteroatoms. The highest BCUT2D eigenvalue weighted by atomic mass is 16.3. The Balaban J connectivity index is 1.36. The van der Waals surface area contributed by atoms with Crippen LogP contribution in [0.25, 0.3) is 0 Å². The summed E-state index contributed by atoms with van der Waals surface area (Å²) < 4.78 is 6.89. The third kappa shape index (κ3) is 2.86. The molecule has 132 valence electrons. The van der Waals surface area contributed by atoms with E-state index in [1.807, 2.05) is 35.0 Å². The van der Waals surface area contributed by atoms with Crippen LogP contribution in [0.1, 0.15) is 46.4 Å². The minimum atomic E-state index is 0.00146. The third-order valence-corrected chi connectivity index (χ3v) is 5.88. The van der Waals surface area contributed by atoms with Gasteiger partial charge in [-0.1, -0.05) is 0 Å². The minimum Gasteiger partial charge on any atom is -0.472 e. The lowest BCUT2D eigenvalue weighted by atomic mass is 9.59. The molecule has 2 fully saturated rings. The van der Waals surface area contributed by atoms with E-state index < -0.39 is 0 Å². The lowest BCUT2D eigenvalue weighted by Gasteiger charge is -2.54. The fraction of sp³-hybridized carbons (Fsp3) is 0.474. The monoisotopic (exact) mass is 341 g/mol. The van der Waals surface area contributed by atoms with Crippen molar-refractivity contribution in [2.75, 3.05) is 13.1 Å². The topological polar surface area (TPSA) is 67.5 Å². The van der Waals surface area contributed by atoms with Gasteiger partial charge in [-0.25, -0.2) is 0 Å². The first-order valence-corrected chi connectivity index (χ1v) is 8.82. The predicted molar refractivity (Wildman–Crippen MR) is 92.2 cm³/mol. The smallest absolute Gasteiger partial charge is 0.257 e. The van der Waals surface area contributed by atoms with Gasteiger partial charge in [-0.15, -0.1) is 0 Å². The van der Waals surface area contributed by atoms with Gasteiger partial charge in [0.15, 0.2) is 0 Å². The molecule has 0 radical (unpaired) electrons. The number of nitrogens with zero attached hydrogens (tertiary/aromatic N) is 2. The highest BCUT2D eigenvalue weighted by molar-refractivity contribution is 5.94. The SMILES string of the molecule is Cn1ccc(C(=O)N[C@H]2CCC23CCN(C(=O)c2ccoc2)CC3)c1. The average Bonchev–Trinajstić information content (AvgIpc) is 3.30. The van der Waals surface area contributed by atoms with Crippen molar-refractivity contribution in [1.82, 2.24) is 14.8 Å². The van der Waals surface area contributed by atoms with Crippen molar-refractivity contribution >= 4 is 11.8 Å². The van der Waals surface area contributed by atoms with Gasteiger partial charge >= 0.3 is 0 Å². The molecular weight excluding hydrogens is 318 g/mol. The predicted octanol–water partition coefficient (Wildman–Crippen LogP) is 2.43. The Hall–Kier alpha value is -2.50. The van der Waals surface area contributed by atoms with Crippen molar-refractivity contribution in [3.63, 3.8) is 0 Å².